The molecule has 0 saturated heterocycles. The third-order valence-electron chi connectivity index (χ3n) is 5.75. The van der Waals surface area contributed by atoms with Crippen molar-refractivity contribution in [2.45, 2.75) is 26.3 Å². The molecule has 0 fully saturated rings. The largest absolute Gasteiger partial charge is 0.488 e. The zero-order chi connectivity index (χ0) is 23.8. The van der Waals surface area contributed by atoms with Crippen LogP contribution in [0.25, 0.3) is 17.2 Å². The third-order valence-corrected chi connectivity index (χ3v) is 5.75. The van der Waals surface area contributed by atoms with Crippen LogP contribution >= 0.6 is 0 Å². The van der Waals surface area contributed by atoms with Gasteiger partial charge < -0.3 is 25.8 Å². The quantitative estimate of drug-likeness (QED) is 0.311. The van der Waals surface area contributed by atoms with Crippen LogP contribution in [0.4, 0.5) is 5.82 Å². The first-order chi connectivity index (χ1) is 16.4. The second-order valence-electron chi connectivity index (χ2n) is 8.12. The predicted molar refractivity (Wildman–Crippen MR) is 127 cm³/mol. The van der Waals surface area contributed by atoms with Crippen LogP contribution in [0.15, 0.2) is 42.6 Å². The van der Waals surface area contributed by atoms with Crippen LogP contribution in [0.3, 0.4) is 0 Å². The molecule has 1 aliphatic rings. The Bertz CT molecular complexity index is 1400. The lowest BCUT2D eigenvalue weighted by molar-refractivity contribution is 0.100. The lowest BCUT2D eigenvalue weighted by atomic mass is 9.80. The minimum Gasteiger partial charge on any atom is -0.488 e. The van der Waals surface area contributed by atoms with Gasteiger partial charge in [-0.05, 0) is 42.9 Å². The smallest absolute Gasteiger partial charge is 0.488 e. The van der Waals surface area contributed by atoms with E-state index in [1.165, 1.54) is 0 Å². The van der Waals surface area contributed by atoms with Crippen molar-refractivity contribution in [1.29, 1.82) is 0 Å². The van der Waals surface area contributed by atoms with E-state index in [1.807, 2.05) is 13.0 Å². The van der Waals surface area contributed by atoms with Gasteiger partial charge in [-0.1, -0.05) is 24.3 Å². The molecule has 34 heavy (non-hydrogen) atoms. The van der Waals surface area contributed by atoms with E-state index >= 15 is 0 Å². The molecule has 0 saturated carbocycles. The number of nitrogens with zero attached hydrogens (tertiary/aromatic N) is 4. The number of amides is 1. The maximum atomic E-state index is 11.9. The van der Waals surface area contributed by atoms with Crippen molar-refractivity contribution in [3.05, 3.63) is 65.1 Å². The molecule has 172 valence electrons. The molecule has 1 aliphatic heterocycles. The summed E-state index contributed by atoms with van der Waals surface area (Å²) in [4.78, 5) is 26.0. The highest BCUT2D eigenvalue weighted by Crippen LogP contribution is 2.34. The summed E-state index contributed by atoms with van der Waals surface area (Å²) in [5, 5.41) is 22.2. The summed E-state index contributed by atoms with van der Waals surface area (Å²) in [6.45, 7) is 2.81. The topological polar surface area (TPSA) is 148 Å². The number of anilines is 1. The van der Waals surface area contributed by atoms with Crippen molar-refractivity contribution in [3.63, 3.8) is 0 Å². The number of nitrogens with one attached hydrogen (secondary N) is 1. The summed E-state index contributed by atoms with van der Waals surface area (Å²) in [6.07, 6.45) is 3.39. The fourth-order valence-electron chi connectivity index (χ4n) is 4.15. The van der Waals surface area contributed by atoms with Crippen LogP contribution in [0.1, 0.15) is 33.7 Å². The Morgan fingerprint density at radius 1 is 1.24 bits per heavy atom. The van der Waals surface area contributed by atoms with Crippen molar-refractivity contribution in [3.8, 4) is 17.3 Å². The summed E-state index contributed by atoms with van der Waals surface area (Å²) in [6, 6.07) is 10.4. The molecule has 10 nitrogen and oxygen atoms in total. The highest BCUT2D eigenvalue weighted by atomic mass is 16.5. The van der Waals surface area contributed by atoms with Crippen molar-refractivity contribution >= 4 is 30.0 Å². The van der Waals surface area contributed by atoms with Gasteiger partial charge in [0, 0.05) is 12.7 Å². The predicted octanol–water partition coefficient (Wildman–Crippen LogP) is 0.816. The molecule has 0 atom stereocenters. The van der Waals surface area contributed by atoms with Crippen LogP contribution < -0.4 is 21.3 Å². The van der Waals surface area contributed by atoms with Gasteiger partial charge in [0.1, 0.15) is 11.3 Å². The molecule has 4 aromatic rings. The van der Waals surface area contributed by atoms with Crippen LogP contribution in [-0.2, 0) is 13.0 Å². The average Bonchev–Trinajstić information content (AvgIpc) is 3.18. The number of imidazole rings is 1. The first kappa shape index (κ1) is 21.9. The molecule has 4 heterocycles. The van der Waals surface area contributed by atoms with Crippen LogP contribution in [0.5, 0.6) is 5.75 Å². The molecular formula is C23H23BN6O4. The lowest BCUT2D eigenvalue weighted by Gasteiger charge is -2.21. The van der Waals surface area contributed by atoms with Crippen LogP contribution in [0.2, 0.25) is 0 Å². The number of pyridine rings is 1. The van der Waals surface area contributed by atoms with Gasteiger partial charge in [0.25, 0.3) is 5.91 Å². The summed E-state index contributed by atoms with van der Waals surface area (Å²) in [5.74, 6) is 1.05. The molecule has 5 N–H and O–H groups in total. The third kappa shape index (κ3) is 3.95. The second-order valence-corrected chi connectivity index (χ2v) is 8.12. The van der Waals surface area contributed by atoms with Gasteiger partial charge in [-0.25, -0.2) is 15.0 Å². The number of aryl methyl sites for hydroxylation is 2. The minimum atomic E-state index is -1.54. The van der Waals surface area contributed by atoms with E-state index in [9.17, 15) is 14.8 Å². The molecule has 0 unspecified atom stereocenters. The molecule has 11 heteroatoms. The van der Waals surface area contributed by atoms with E-state index < -0.39 is 13.0 Å². The first-order valence-corrected chi connectivity index (χ1v) is 10.9. The Kier molecular flexibility index (Phi) is 5.64. The van der Waals surface area contributed by atoms with Gasteiger partial charge in [0.05, 0.1) is 23.6 Å². The molecule has 0 bridgehead atoms. The number of benzene rings is 1. The number of nitrogens with two attached hydrogens (primary N) is 1. The second kappa shape index (κ2) is 8.77. The summed E-state index contributed by atoms with van der Waals surface area (Å²) in [5.41, 5.74) is 9.70. The van der Waals surface area contributed by atoms with Gasteiger partial charge in [-0.3, -0.25) is 9.20 Å². The molecular weight excluding hydrogens is 435 g/mol. The number of hydrogen-bond acceptors (Lipinski definition) is 8. The van der Waals surface area contributed by atoms with E-state index in [2.05, 4.69) is 10.3 Å². The Morgan fingerprint density at radius 2 is 2.09 bits per heavy atom. The molecule has 3 aromatic heterocycles. The molecule has 1 amide bonds. The van der Waals surface area contributed by atoms with E-state index in [0.29, 0.717) is 58.6 Å². The number of ether oxygens (including phenoxy) is 1. The molecule has 0 radical (unpaired) electrons. The zero-order valence-electron chi connectivity index (χ0n) is 18.5. The SMILES string of the molecule is Cc1nc2c(C(N)=O)cccn2c1-c1nc2c(c(NCc3cccc(B(O)O)c3)n1)OCCC2. The monoisotopic (exact) mass is 458 g/mol. The summed E-state index contributed by atoms with van der Waals surface area (Å²) < 4.78 is 7.67. The van der Waals surface area contributed by atoms with Crippen LogP contribution in [-0.4, -0.2) is 49.0 Å². The lowest BCUT2D eigenvalue weighted by Crippen LogP contribution is -2.30. The van der Waals surface area contributed by atoms with Gasteiger partial charge >= 0.3 is 7.12 Å². The Hall–Kier alpha value is -3.96. The standard InChI is InChI=1S/C23H23BN6O4/c1-13-18(30-9-3-7-16(20(25)31)23(30)27-13)21-28-17-8-4-10-34-19(17)22(29-21)26-12-14-5-2-6-15(11-14)24(32)33/h2-3,5-7,9,11,32-33H,4,8,10,12H2,1H3,(H2,25,31)(H,26,28,29). The number of carbonyl (C=O) groups is 1. The van der Waals surface area contributed by atoms with Gasteiger partial charge in [0.15, 0.2) is 17.4 Å². The number of primary amides is 1. The number of carbonyl (C=O) groups excluding carboxylic acids is 1. The molecule has 1 aromatic carbocycles. The summed E-state index contributed by atoms with van der Waals surface area (Å²) >= 11 is 0. The molecule has 5 rings (SSSR count). The highest BCUT2D eigenvalue weighted by Gasteiger charge is 2.24. The maximum Gasteiger partial charge on any atom is 0.488 e. The normalized spacial score (nSPS) is 12.8. The van der Waals surface area contributed by atoms with Crippen LogP contribution in [0, 0.1) is 6.92 Å². The number of rotatable bonds is 6. The summed E-state index contributed by atoms with van der Waals surface area (Å²) in [7, 11) is -1.54. The van der Waals surface area contributed by atoms with Crippen molar-refractivity contribution in [2.75, 3.05) is 11.9 Å². The van der Waals surface area contributed by atoms with Crippen molar-refractivity contribution in [2.24, 2.45) is 5.73 Å². The van der Waals surface area contributed by atoms with Crippen molar-refractivity contribution in [1.82, 2.24) is 19.4 Å². The fourth-order valence-corrected chi connectivity index (χ4v) is 4.15. The number of fused-ring (bicyclic) bond motifs is 2. The van der Waals surface area contributed by atoms with Gasteiger partial charge in [0.2, 0.25) is 0 Å². The van der Waals surface area contributed by atoms with Crippen molar-refractivity contribution < 1.29 is 19.6 Å². The van der Waals surface area contributed by atoms with E-state index in [0.717, 1.165) is 24.1 Å². The Balaban J connectivity index is 1.57. The zero-order valence-corrected chi connectivity index (χ0v) is 18.5. The maximum absolute atomic E-state index is 11.9. The first-order valence-electron chi connectivity index (χ1n) is 10.9. The van der Waals surface area contributed by atoms with E-state index in [-0.39, 0.29) is 0 Å². The highest BCUT2D eigenvalue weighted by molar-refractivity contribution is 6.58. The number of hydrogen-bond donors (Lipinski definition) is 4. The Morgan fingerprint density at radius 3 is 2.88 bits per heavy atom. The van der Waals surface area contributed by atoms with Gasteiger partial charge in [-0.15, -0.1) is 0 Å². The molecule has 0 spiro atoms. The number of aromatic nitrogens is 4. The fraction of sp³-hybridized carbons (Fsp3) is 0.217. The van der Waals surface area contributed by atoms with E-state index in [4.69, 9.17) is 20.4 Å². The molecule has 0 aliphatic carbocycles. The Labute approximate surface area is 195 Å². The average molecular weight is 458 g/mol. The minimum absolute atomic E-state index is 0.322. The van der Waals surface area contributed by atoms with E-state index in [1.54, 1.807) is 40.9 Å². The van der Waals surface area contributed by atoms with Gasteiger partial charge in [-0.2, -0.15) is 0 Å².